The fourth-order valence-corrected chi connectivity index (χ4v) is 1.69. The van der Waals surface area contributed by atoms with E-state index < -0.39 is 0 Å². The molecule has 78 valence electrons. The maximum atomic E-state index is 10.8. The second-order valence-corrected chi connectivity index (χ2v) is 3.34. The number of hydrogen-bond donors (Lipinski definition) is 2. The summed E-state index contributed by atoms with van der Waals surface area (Å²) < 4.78 is 5.20. The fraction of sp³-hybridized carbons (Fsp3) is 0.182. The number of para-hydroxylation sites is 1. The molecule has 0 bridgehead atoms. The molecule has 1 amide bonds. The van der Waals surface area contributed by atoms with Crippen LogP contribution in [-0.2, 0) is 11.2 Å². The van der Waals surface area contributed by atoms with Gasteiger partial charge in [-0.15, -0.1) is 0 Å². The molecule has 1 aromatic heterocycles. The summed E-state index contributed by atoms with van der Waals surface area (Å²) in [5.41, 5.74) is 6.96. The standard InChI is InChI=1S/C11H12N2O2/c1-15-9-4-2-3-8-7(5-10(12)14)6-13-11(8)9/h2-4,6,13H,5H2,1H3,(H2,12,14). The zero-order chi connectivity index (χ0) is 10.8. The number of nitrogens with one attached hydrogen (secondary N) is 1. The van der Waals surface area contributed by atoms with Gasteiger partial charge < -0.3 is 15.5 Å². The highest BCUT2D eigenvalue weighted by atomic mass is 16.5. The summed E-state index contributed by atoms with van der Waals surface area (Å²) in [7, 11) is 1.61. The summed E-state index contributed by atoms with van der Waals surface area (Å²) in [6, 6.07) is 5.69. The number of aromatic amines is 1. The molecule has 0 aliphatic heterocycles. The van der Waals surface area contributed by atoms with Gasteiger partial charge in [0.1, 0.15) is 5.75 Å². The van der Waals surface area contributed by atoms with Gasteiger partial charge in [-0.25, -0.2) is 0 Å². The van der Waals surface area contributed by atoms with Crippen LogP contribution < -0.4 is 10.5 Å². The number of benzene rings is 1. The van der Waals surface area contributed by atoms with Gasteiger partial charge in [0.25, 0.3) is 0 Å². The molecular weight excluding hydrogens is 192 g/mol. The van der Waals surface area contributed by atoms with Gasteiger partial charge in [0.2, 0.25) is 5.91 Å². The predicted molar refractivity (Wildman–Crippen MR) is 57.7 cm³/mol. The molecule has 1 aromatic carbocycles. The van der Waals surface area contributed by atoms with Gasteiger partial charge in [-0.05, 0) is 11.6 Å². The minimum absolute atomic E-state index is 0.243. The molecule has 15 heavy (non-hydrogen) atoms. The summed E-state index contributed by atoms with van der Waals surface area (Å²) >= 11 is 0. The molecule has 0 aliphatic rings. The Morgan fingerprint density at radius 2 is 2.33 bits per heavy atom. The van der Waals surface area contributed by atoms with Gasteiger partial charge in [-0.3, -0.25) is 4.79 Å². The molecule has 0 saturated carbocycles. The molecule has 0 aliphatic carbocycles. The monoisotopic (exact) mass is 204 g/mol. The normalized spacial score (nSPS) is 10.5. The van der Waals surface area contributed by atoms with Crippen LogP contribution in [0.2, 0.25) is 0 Å². The van der Waals surface area contributed by atoms with Crippen LogP contribution in [0, 0.1) is 0 Å². The lowest BCUT2D eigenvalue weighted by molar-refractivity contribution is -0.117. The number of rotatable bonds is 3. The largest absolute Gasteiger partial charge is 0.495 e. The molecule has 0 radical (unpaired) electrons. The topological polar surface area (TPSA) is 68.1 Å². The number of nitrogens with two attached hydrogens (primary N) is 1. The average molecular weight is 204 g/mol. The Balaban J connectivity index is 2.55. The summed E-state index contributed by atoms with van der Waals surface area (Å²) in [4.78, 5) is 13.9. The first-order chi connectivity index (χ1) is 7.22. The van der Waals surface area contributed by atoms with Gasteiger partial charge in [-0.1, -0.05) is 12.1 Å². The molecule has 0 spiro atoms. The number of primary amides is 1. The van der Waals surface area contributed by atoms with Crippen LogP contribution in [-0.4, -0.2) is 18.0 Å². The first kappa shape index (κ1) is 9.58. The Bertz CT molecular complexity index is 502. The lowest BCUT2D eigenvalue weighted by atomic mass is 10.1. The van der Waals surface area contributed by atoms with Crippen LogP contribution in [0.1, 0.15) is 5.56 Å². The van der Waals surface area contributed by atoms with Crippen molar-refractivity contribution < 1.29 is 9.53 Å². The highest BCUT2D eigenvalue weighted by Gasteiger charge is 2.08. The van der Waals surface area contributed by atoms with Crippen molar-refractivity contribution in [3.8, 4) is 5.75 Å². The minimum atomic E-state index is -0.335. The van der Waals surface area contributed by atoms with E-state index in [2.05, 4.69) is 4.98 Å². The van der Waals surface area contributed by atoms with Crippen LogP contribution in [0.25, 0.3) is 10.9 Å². The SMILES string of the molecule is COc1cccc2c(CC(N)=O)c[nH]c12. The highest BCUT2D eigenvalue weighted by Crippen LogP contribution is 2.26. The number of amides is 1. The van der Waals surface area contributed by atoms with Crippen molar-refractivity contribution in [2.45, 2.75) is 6.42 Å². The summed E-state index contributed by atoms with van der Waals surface area (Å²) in [5, 5.41) is 0.980. The van der Waals surface area contributed by atoms with E-state index in [-0.39, 0.29) is 12.3 Å². The molecule has 4 heteroatoms. The number of carbonyl (C=O) groups is 1. The van der Waals surface area contributed by atoms with Crippen LogP contribution in [0.15, 0.2) is 24.4 Å². The van der Waals surface area contributed by atoms with Crippen LogP contribution in [0.4, 0.5) is 0 Å². The Labute approximate surface area is 87.0 Å². The van der Waals surface area contributed by atoms with Gasteiger partial charge in [0.05, 0.1) is 19.0 Å². The maximum absolute atomic E-state index is 10.8. The third-order valence-corrected chi connectivity index (χ3v) is 2.35. The van der Waals surface area contributed by atoms with Gasteiger partial charge in [0, 0.05) is 11.6 Å². The van der Waals surface area contributed by atoms with E-state index in [4.69, 9.17) is 10.5 Å². The van der Waals surface area contributed by atoms with Crippen molar-refractivity contribution in [1.29, 1.82) is 0 Å². The lowest BCUT2D eigenvalue weighted by Crippen LogP contribution is -2.13. The van der Waals surface area contributed by atoms with Crippen LogP contribution >= 0.6 is 0 Å². The lowest BCUT2D eigenvalue weighted by Gasteiger charge is -2.01. The summed E-state index contributed by atoms with van der Waals surface area (Å²) in [5.74, 6) is 0.432. The number of H-pyrrole nitrogens is 1. The van der Waals surface area contributed by atoms with Crippen molar-refractivity contribution in [2.75, 3.05) is 7.11 Å². The molecular formula is C11H12N2O2. The third kappa shape index (κ3) is 1.66. The molecule has 3 N–H and O–H groups in total. The molecule has 0 atom stereocenters. The van der Waals surface area contributed by atoms with E-state index in [9.17, 15) is 4.79 Å². The first-order valence-electron chi connectivity index (χ1n) is 4.63. The molecule has 4 nitrogen and oxygen atoms in total. The molecule has 0 fully saturated rings. The third-order valence-electron chi connectivity index (χ3n) is 2.35. The highest BCUT2D eigenvalue weighted by molar-refractivity contribution is 5.91. The van der Waals surface area contributed by atoms with Crippen molar-refractivity contribution in [1.82, 2.24) is 4.98 Å². The Morgan fingerprint density at radius 1 is 1.53 bits per heavy atom. The van der Waals surface area contributed by atoms with Gasteiger partial charge in [-0.2, -0.15) is 0 Å². The van der Waals surface area contributed by atoms with Gasteiger partial charge >= 0.3 is 0 Å². The van der Waals surface area contributed by atoms with Crippen molar-refractivity contribution in [2.24, 2.45) is 5.73 Å². The van der Waals surface area contributed by atoms with Crippen molar-refractivity contribution in [3.63, 3.8) is 0 Å². The fourth-order valence-electron chi connectivity index (χ4n) is 1.69. The Hall–Kier alpha value is -1.97. The molecule has 0 unspecified atom stereocenters. The van der Waals surface area contributed by atoms with Crippen molar-refractivity contribution in [3.05, 3.63) is 30.0 Å². The molecule has 0 saturated heterocycles. The number of carbonyl (C=O) groups excluding carboxylic acids is 1. The second-order valence-electron chi connectivity index (χ2n) is 3.34. The smallest absolute Gasteiger partial charge is 0.221 e. The van der Waals surface area contributed by atoms with E-state index in [1.54, 1.807) is 13.3 Å². The second kappa shape index (κ2) is 3.65. The summed E-state index contributed by atoms with van der Waals surface area (Å²) in [6.45, 7) is 0. The summed E-state index contributed by atoms with van der Waals surface area (Å²) in [6.07, 6.45) is 2.03. The zero-order valence-corrected chi connectivity index (χ0v) is 8.41. The van der Waals surface area contributed by atoms with Crippen molar-refractivity contribution >= 4 is 16.8 Å². The number of ether oxygens (including phenoxy) is 1. The average Bonchev–Trinajstić information content (AvgIpc) is 2.61. The van der Waals surface area contributed by atoms with Crippen LogP contribution in [0.5, 0.6) is 5.75 Å². The van der Waals surface area contributed by atoms with E-state index in [1.807, 2.05) is 18.2 Å². The molecule has 2 aromatic rings. The van der Waals surface area contributed by atoms with Gasteiger partial charge in [0.15, 0.2) is 0 Å². The number of hydrogen-bond acceptors (Lipinski definition) is 2. The zero-order valence-electron chi connectivity index (χ0n) is 8.41. The minimum Gasteiger partial charge on any atom is -0.495 e. The maximum Gasteiger partial charge on any atom is 0.221 e. The van der Waals surface area contributed by atoms with E-state index in [0.29, 0.717) is 0 Å². The van der Waals surface area contributed by atoms with Crippen LogP contribution in [0.3, 0.4) is 0 Å². The Kier molecular flexibility index (Phi) is 2.33. The van der Waals surface area contributed by atoms with E-state index in [0.717, 1.165) is 22.2 Å². The predicted octanol–water partition coefficient (Wildman–Crippen LogP) is 1.20. The number of methoxy groups -OCH3 is 1. The molecule has 1 heterocycles. The first-order valence-corrected chi connectivity index (χ1v) is 4.63. The number of aromatic nitrogens is 1. The Morgan fingerprint density at radius 3 is 3.00 bits per heavy atom. The quantitative estimate of drug-likeness (QED) is 0.788. The van der Waals surface area contributed by atoms with E-state index in [1.165, 1.54) is 0 Å². The van der Waals surface area contributed by atoms with E-state index >= 15 is 0 Å². The number of fused-ring (bicyclic) bond motifs is 1. The molecule has 2 rings (SSSR count).